The lowest BCUT2D eigenvalue weighted by molar-refractivity contribution is 0.221. The summed E-state index contributed by atoms with van der Waals surface area (Å²) in [5.41, 5.74) is 0. The third-order valence-electron chi connectivity index (χ3n) is 2.15. The maximum Gasteiger partial charge on any atom is 0.133 e. The predicted octanol–water partition coefficient (Wildman–Crippen LogP) is 2.19. The van der Waals surface area contributed by atoms with Gasteiger partial charge in [0.05, 0.1) is 4.47 Å². The lowest BCUT2D eigenvalue weighted by Gasteiger charge is -2.13. The molecular formula is C10H12BrNO. The number of para-hydroxylation sites is 1. The summed E-state index contributed by atoms with van der Waals surface area (Å²) in [5.74, 6) is 0.941. The van der Waals surface area contributed by atoms with Crippen LogP contribution in [0, 0.1) is 0 Å². The minimum absolute atomic E-state index is 0.332. The third-order valence-corrected chi connectivity index (χ3v) is 2.80. The van der Waals surface area contributed by atoms with Gasteiger partial charge < -0.3 is 10.1 Å². The van der Waals surface area contributed by atoms with Gasteiger partial charge in [0.15, 0.2) is 0 Å². The summed E-state index contributed by atoms with van der Waals surface area (Å²) < 4.78 is 6.83. The summed E-state index contributed by atoms with van der Waals surface area (Å²) in [7, 11) is 0. The van der Waals surface area contributed by atoms with Gasteiger partial charge in [-0.15, -0.1) is 0 Å². The second-order valence-corrected chi connectivity index (χ2v) is 4.02. The Kier molecular flexibility index (Phi) is 2.86. The average Bonchev–Trinajstić information content (AvgIpc) is 2.61. The molecule has 1 saturated heterocycles. The van der Waals surface area contributed by atoms with Crippen molar-refractivity contribution < 1.29 is 4.74 Å². The Morgan fingerprint density at radius 3 is 2.92 bits per heavy atom. The molecule has 1 aromatic rings. The molecule has 0 spiro atoms. The van der Waals surface area contributed by atoms with Crippen LogP contribution in [0.15, 0.2) is 28.7 Å². The highest BCUT2D eigenvalue weighted by molar-refractivity contribution is 9.10. The molecule has 3 heteroatoms. The van der Waals surface area contributed by atoms with Crippen LogP contribution in [0.5, 0.6) is 5.75 Å². The molecule has 70 valence electrons. The molecule has 0 saturated carbocycles. The highest BCUT2D eigenvalue weighted by Gasteiger charge is 2.16. The van der Waals surface area contributed by atoms with E-state index in [9.17, 15) is 0 Å². The van der Waals surface area contributed by atoms with Crippen LogP contribution in [-0.4, -0.2) is 19.2 Å². The lowest BCUT2D eigenvalue weighted by Crippen LogP contribution is -2.19. The minimum Gasteiger partial charge on any atom is -0.488 e. The van der Waals surface area contributed by atoms with Crippen molar-refractivity contribution in [1.29, 1.82) is 0 Å². The van der Waals surface area contributed by atoms with Crippen molar-refractivity contribution in [2.24, 2.45) is 0 Å². The molecule has 1 heterocycles. The van der Waals surface area contributed by atoms with Gasteiger partial charge in [0.25, 0.3) is 0 Å². The first-order valence-electron chi connectivity index (χ1n) is 4.48. The van der Waals surface area contributed by atoms with Gasteiger partial charge in [0.2, 0.25) is 0 Å². The zero-order chi connectivity index (χ0) is 9.10. The maximum atomic E-state index is 5.80. The first kappa shape index (κ1) is 9.03. The van der Waals surface area contributed by atoms with Gasteiger partial charge in [0.1, 0.15) is 11.9 Å². The Labute approximate surface area is 86.4 Å². The first-order chi connectivity index (χ1) is 6.36. The van der Waals surface area contributed by atoms with Crippen molar-refractivity contribution >= 4 is 15.9 Å². The Balaban J connectivity index is 2.04. The summed E-state index contributed by atoms with van der Waals surface area (Å²) in [6.45, 7) is 2.02. The number of nitrogens with one attached hydrogen (secondary N) is 1. The van der Waals surface area contributed by atoms with Crippen LogP contribution in [0.1, 0.15) is 6.42 Å². The number of benzene rings is 1. The van der Waals surface area contributed by atoms with Crippen molar-refractivity contribution in [1.82, 2.24) is 5.32 Å². The van der Waals surface area contributed by atoms with Crippen molar-refractivity contribution in [2.75, 3.05) is 13.1 Å². The molecule has 1 fully saturated rings. The van der Waals surface area contributed by atoms with Gasteiger partial charge >= 0.3 is 0 Å². The second kappa shape index (κ2) is 4.11. The van der Waals surface area contributed by atoms with E-state index >= 15 is 0 Å². The molecule has 13 heavy (non-hydrogen) atoms. The van der Waals surface area contributed by atoms with Gasteiger partial charge in [-0.05, 0) is 41.0 Å². The van der Waals surface area contributed by atoms with E-state index in [4.69, 9.17) is 4.74 Å². The Hall–Kier alpha value is -0.540. The molecule has 2 rings (SSSR count). The van der Waals surface area contributed by atoms with E-state index in [2.05, 4.69) is 21.2 Å². The van der Waals surface area contributed by atoms with Gasteiger partial charge in [0, 0.05) is 6.54 Å². The van der Waals surface area contributed by atoms with E-state index in [0.717, 1.165) is 29.7 Å². The maximum absolute atomic E-state index is 5.80. The molecule has 0 amide bonds. The highest BCUT2D eigenvalue weighted by Crippen LogP contribution is 2.25. The Morgan fingerprint density at radius 1 is 1.38 bits per heavy atom. The van der Waals surface area contributed by atoms with Gasteiger partial charge in [-0.1, -0.05) is 12.1 Å². The monoisotopic (exact) mass is 241 g/mol. The molecule has 0 aromatic heterocycles. The van der Waals surface area contributed by atoms with Crippen LogP contribution < -0.4 is 10.1 Å². The summed E-state index contributed by atoms with van der Waals surface area (Å²) in [5, 5.41) is 3.27. The smallest absolute Gasteiger partial charge is 0.133 e. The van der Waals surface area contributed by atoms with E-state index in [-0.39, 0.29) is 0 Å². The van der Waals surface area contributed by atoms with E-state index in [1.165, 1.54) is 0 Å². The summed E-state index contributed by atoms with van der Waals surface area (Å²) in [6, 6.07) is 7.96. The average molecular weight is 242 g/mol. The number of halogens is 1. The predicted molar refractivity (Wildman–Crippen MR) is 56.0 cm³/mol. The number of rotatable bonds is 2. The number of hydrogen-bond acceptors (Lipinski definition) is 2. The van der Waals surface area contributed by atoms with Crippen LogP contribution in [0.4, 0.5) is 0 Å². The fourth-order valence-electron chi connectivity index (χ4n) is 1.45. The normalized spacial score (nSPS) is 21.8. The zero-order valence-corrected chi connectivity index (χ0v) is 8.88. The largest absolute Gasteiger partial charge is 0.488 e. The van der Waals surface area contributed by atoms with E-state index in [1.807, 2.05) is 24.3 Å². The highest BCUT2D eigenvalue weighted by atomic mass is 79.9. The fourth-order valence-corrected chi connectivity index (χ4v) is 1.83. The summed E-state index contributed by atoms with van der Waals surface area (Å²) in [4.78, 5) is 0. The van der Waals surface area contributed by atoms with Gasteiger partial charge in [-0.25, -0.2) is 0 Å². The van der Waals surface area contributed by atoms with Crippen LogP contribution >= 0.6 is 15.9 Å². The van der Waals surface area contributed by atoms with Crippen LogP contribution in [0.3, 0.4) is 0 Å². The summed E-state index contributed by atoms with van der Waals surface area (Å²) >= 11 is 3.46. The third kappa shape index (κ3) is 2.23. The van der Waals surface area contributed by atoms with Crippen molar-refractivity contribution in [3.05, 3.63) is 28.7 Å². The van der Waals surface area contributed by atoms with Crippen LogP contribution in [0.2, 0.25) is 0 Å². The SMILES string of the molecule is Brc1ccccc1O[C@@H]1CCNC1. The molecule has 1 N–H and O–H groups in total. The molecule has 0 unspecified atom stereocenters. The second-order valence-electron chi connectivity index (χ2n) is 3.16. The van der Waals surface area contributed by atoms with Crippen molar-refractivity contribution in [3.63, 3.8) is 0 Å². The standard InChI is InChI=1S/C10H12BrNO/c11-9-3-1-2-4-10(9)13-8-5-6-12-7-8/h1-4,8,12H,5-7H2/t8-/m1/s1. The molecule has 1 aliphatic heterocycles. The molecule has 1 aromatic carbocycles. The molecular weight excluding hydrogens is 230 g/mol. The molecule has 0 bridgehead atoms. The Bertz CT molecular complexity index is 284. The quantitative estimate of drug-likeness (QED) is 0.858. The van der Waals surface area contributed by atoms with E-state index in [0.29, 0.717) is 6.10 Å². The molecule has 0 aliphatic carbocycles. The number of hydrogen-bond donors (Lipinski definition) is 1. The molecule has 0 radical (unpaired) electrons. The van der Waals surface area contributed by atoms with Crippen molar-refractivity contribution in [2.45, 2.75) is 12.5 Å². The summed E-state index contributed by atoms with van der Waals surface area (Å²) in [6.07, 6.45) is 1.43. The lowest BCUT2D eigenvalue weighted by atomic mass is 10.3. The molecule has 1 atom stereocenters. The molecule has 1 aliphatic rings. The van der Waals surface area contributed by atoms with Crippen molar-refractivity contribution in [3.8, 4) is 5.75 Å². The topological polar surface area (TPSA) is 21.3 Å². The number of ether oxygens (including phenoxy) is 1. The minimum atomic E-state index is 0.332. The van der Waals surface area contributed by atoms with Gasteiger partial charge in [-0.3, -0.25) is 0 Å². The fraction of sp³-hybridized carbons (Fsp3) is 0.400. The Morgan fingerprint density at radius 2 is 2.23 bits per heavy atom. The van der Waals surface area contributed by atoms with Crippen LogP contribution in [-0.2, 0) is 0 Å². The first-order valence-corrected chi connectivity index (χ1v) is 5.27. The zero-order valence-electron chi connectivity index (χ0n) is 7.29. The van der Waals surface area contributed by atoms with E-state index in [1.54, 1.807) is 0 Å². The molecule has 2 nitrogen and oxygen atoms in total. The van der Waals surface area contributed by atoms with Crippen LogP contribution in [0.25, 0.3) is 0 Å². The van der Waals surface area contributed by atoms with Gasteiger partial charge in [-0.2, -0.15) is 0 Å². The van der Waals surface area contributed by atoms with E-state index < -0.39 is 0 Å².